The number of aromatic nitrogens is 2. The highest BCUT2D eigenvalue weighted by molar-refractivity contribution is 5.97. The van der Waals surface area contributed by atoms with Gasteiger partial charge < -0.3 is 9.88 Å². The van der Waals surface area contributed by atoms with Crippen molar-refractivity contribution in [2.75, 3.05) is 0 Å². The summed E-state index contributed by atoms with van der Waals surface area (Å²) in [5.74, 6) is -0.0820. The highest BCUT2D eigenvalue weighted by atomic mass is 16.1. The molecule has 0 radical (unpaired) electrons. The molecule has 3 rings (SSSR count). The number of fused-ring (bicyclic) bond motifs is 1. The minimum absolute atomic E-state index is 0.0820. The zero-order chi connectivity index (χ0) is 13.9. The monoisotopic (exact) mass is 265 g/mol. The van der Waals surface area contributed by atoms with Crippen LogP contribution in [-0.2, 0) is 13.6 Å². The van der Waals surface area contributed by atoms with Gasteiger partial charge in [-0.2, -0.15) is 0 Å². The van der Waals surface area contributed by atoms with Gasteiger partial charge in [-0.1, -0.05) is 30.3 Å². The molecule has 2 aromatic carbocycles. The fourth-order valence-electron chi connectivity index (χ4n) is 2.16. The summed E-state index contributed by atoms with van der Waals surface area (Å²) in [5, 5.41) is 2.91. The average molecular weight is 265 g/mol. The molecule has 0 atom stereocenters. The van der Waals surface area contributed by atoms with Gasteiger partial charge in [0.15, 0.2) is 0 Å². The smallest absolute Gasteiger partial charge is 0.251 e. The Balaban J connectivity index is 1.75. The first-order valence-electron chi connectivity index (χ1n) is 6.47. The van der Waals surface area contributed by atoms with E-state index in [1.54, 1.807) is 6.33 Å². The number of amides is 1. The maximum atomic E-state index is 12.1. The Hall–Kier alpha value is -2.62. The van der Waals surface area contributed by atoms with Gasteiger partial charge in [0.2, 0.25) is 0 Å². The van der Waals surface area contributed by atoms with Crippen LogP contribution in [0.15, 0.2) is 54.9 Å². The van der Waals surface area contributed by atoms with Crippen molar-refractivity contribution in [2.45, 2.75) is 6.54 Å². The third kappa shape index (κ3) is 2.40. The predicted octanol–water partition coefficient (Wildman–Crippen LogP) is 2.50. The van der Waals surface area contributed by atoms with Crippen molar-refractivity contribution in [2.24, 2.45) is 7.05 Å². The molecule has 20 heavy (non-hydrogen) atoms. The molecule has 100 valence electrons. The number of aryl methyl sites for hydroxylation is 1. The highest BCUT2D eigenvalue weighted by Crippen LogP contribution is 2.13. The van der Waals surface area contributed by atoms with Gasteiger partial charge in [-0.25, -0.2) is 4.98 Å². The summed E-state index contributed by atoms with van der Waals surface area (Å²) in [7, 11) is 1.94. The Kier molecular flexibility index (Phi) is 3.21. The van der Waals surface area contributed by atoms with Gasteiger partial charge in [0.05, 0.1) is 17.4 Å². The number of hydrogen-bond acceptors (Lipinski definition) is 2. The Morgan fingerprint density at radius 3 is 2.80 bits per heavy atom. The lowest BCUT2D eigenvalue weighted by molar-refractivity contribution is 0.0951. The molecule has 1 N–H and O–H groups in total. The summed E-state index contributed by atoms with van der Waals surface area (Å²) >= 11 is 0. The molecule has 0 aliphatic heterocycles. The normalized spacial score (nSPS) is 10.7. The van der Waals surface area contributed by atoms with E-state index in [1.807, 2.05) is 60.1 Å². The second-order valence-corrected chi connectivity index (χ2v) is 4.73. The van der Waals surface area contributed by atoms with Gasteiger partial charge in [0, 0.05) is 19.2 Å². The quantitative estimate of drug-likeness (QED) is 0.791. The van der Waals surface area contributed by atoms with Crippen LogP contribution in [0.2, 0.25) is 0 Å². The SMILES string of the molecule is Cn1cnc2cc(C(=O)NCc3ccccc3)ccc21. The number of nitrogens with one attached hydrogen (secondary N) is 1. The van der Waals surface area contributed by atoms with Crippen LogP contribution < -0.4 is 5.32 Å². The fraction of sp³-hybridized carbons (Fsp3) is 0.125. The van der Waals surface area contributed by atoms with E-state index in [0.29, 0.717) is 12.1 Å². The van der Waals surface area contributed by atoms with Crippen molar-refractivity contribution in [3.8, 4) is 0 Å². The van der Waals surface area contributed by atoms with E-state index in [0.717, 1.165) is 16.6 Å². The Morgan fingerprint density at radius 2 is 2.00 bits per heavy atom. The Morgan fingerprint density at radius 1 is 1.20 bits per heavy atom. The fourth-order valence-corrected chi connectivity index (χ4v) is 2.16. The van der Waals surface area contributed by atoms with Crippen molar-refractivity contribution in [3.63, 3.8) is 0 Å². The van der Waals surface area contributed by atoms with Crippen molar-refractivity contribution in [3.05, 3.63) is 66.0 Å². The van der Waals surface area contributed by atoms with Crippen LogP contribution in [0.4, 0.5) is 0 Å². The molecular formula is C16H15N3O. The van der Waals surface area contributed by atoms with Crippen LogP contribution in [0.3, 0.4) is 0 Å². The zero-order valence-corrected chi connectivity index (χ0v) is 11.2. The molecule has 0 unspecified atom stereocenters. The molecule has 3 aromatic rings. The topological polar surface area (TPSA) is 46.9 Å². The number of hydrogen-bond donors (Lipinski definition) is 1. The molecule has 0 bridgehead atoms. The Labute approximate surface area is 117 Å². The van der Waals surface area contributed by atoms with Crippen molar-refractivity contribution >= 4 is 16.9 Å². The highest BCUT2D eigenvalue weighted by Gasteiger charge is 2.08. The van der Waals surface area contributed by atoms with Gasteiger partial charge in [-0.3, -0.25) is 4.79 Å². The van der Waals surface area contributed by atoms with Crippen molar-refractivity contribution in [1.82, 2.24) is 14.9 Å². The minimum atomic E-state index is -0.0820. The second kappa shape index (κ2) is 5.17. The van der Waals surface area contributed by atoms with E-state index in [9.17, 15) is 4.79 Å². The second-order valence-electron chi connectivity index (χ2n) is 4.73. The lowest BCUT2D eigenvalue weighted by Crippen LogP contribution is -2.22. The molecule has 4 nitrogen and oxygen atoms in total. The summed E-state index contributed by atoms with van der Waals surface area (Å²) in [6.07, 6.45) is 1.75. The molecule has 0 fully saturated rings. The van der Waals surface area contributed by atoms with E-state index in [4.69, 9.17) is 0 Å². The predicted molar refractivity (Wildman–Crippen MR) is 78.3 cm³/mol. The van der Waals surface area contributed by atoms with Crippen LogP contribution in [-0.4, -0.2) is 15.5 Å². The average Bonchev–Trinajstić information content (AvgIpc) is 2.87. The summed E-state index contributed by atoms with van der Waals surface area (Å²) in [5.41, 5.74) is 3.57. The standard InChI is InChI=1S/C16H15N3O/c1-19-11-18-14-9-13(7-8-15(14)19)16(20)17-10-12-5-3-2-4-6-12/h2-9,11H,10H2,1H3,(H,17,20). The van der Waals surface area contributed by atoms with Crippen LogP contribution in [0.5, 0.6) is 0 Å². The molecule has 0 spiro atoms. The van der Waals surface area contributed by atoms with Gasteiger partial charge in [-0.05, 0) is 23.8 Å². The van der Waals surface area contributed by atoms with E-state index >= 15 is 0 Å². The lowest BCUT2D eigenvalue weighted by atomic mass is 10.1. The molecule has 0 saturated carbocycles. The van der Waals surface area contributed by atoms with Gasteiger partial charge in [-0.15, -0.1) is 0 Å². The van der Waals surface area contributed by atoms with E-state index in [-0.39, 0.29) is 5.91 Å². The van der Waals surface area contributed by atoms with Crippen molar-refractivity contribution in [1.29, 1.82) is 0 Å². The molecule has 1 aromatic heterocycles. The Bertz CT molecular complexity index is 747. The molecule has 1 heterocycles. The van der Waals surface area contributed by atoms with Gasteiger partial charge in [0.25, 0.3) is 5.91 Å². The van der Waals surface area contributed by atoms with Crippen LogP contribution in [0.25, 0.3) is 11.0 Å². The molecule has 4 heteroatoms. The number of benzene rings is 2. The number of carbonyl (C=O) groups excluding carboxylic acids is 1. The zero-order valence-electron chi connectivity index (χ0n) is 11.2. The van der Waals surface area contributed by atoms with Crippen LogP contribution >= 0.6 is 0 Å². The molecule has 0 aliphatic rings. The number of imidazole rings is 1. The van der Waals surface area contributed by atoms with Crippen LogP contribution in [0, 0.1) is 0 Å². The first-order valence-corrected chi connectivity index (χ1v) is 6.47. The van der Waals surface area contributed by atoms with Crippen molar-refractivity contribution < 1.29 is 4.79 Å². The van der Waals surface area contributed by atoms with Gasteiger partial charge in [0.1, 0.15) is 0 Å². The van der Waals surface area contributed by atoms with E-state index < -0.39 is 0 Å². The lowest BCUT2D eigenvalue weighted by Gasteiger charge is -2.05. The first kappa shape index (κ1) is 12.4. The van der Waals surface area contributed by atoms with Crippen LogP contribution in [0.1, 0.15) is 15.9 Å². The summed E-state index contributed by atoms with van der Waals surface area (Å²) in [6, 6.07) is 15.4. The summed E-state index contributed by atoms with van der Waals surface area (Å²) in [4.78, 5) is 16.4. The third-order valence-corrected chi connectivity index (χ3v) is 3.28. The molecule has 0 saturated heterocycles. The minimum Gasteiger partial charge on any atom is -0.348 e. The van der Waals surface area contributed by atoms with E-state index in [1.165, 1.54) is 0 Å². The van der Waals surface area contributed by atoms with Gasteiger partial charge >= 0.3 is 0 Å². The van der Waals surface area contributed by atoms with E-state index in [2.05, 4.69) is 10.3 Å². The molecular weight excluding hydrogens is 250 g/mol. The molecule has 1 amide bonds. The largest absolute Gasteiger partial charge is 0.348 e. The third-order valence-electron chi connectivity index (χ3n) is 3.28. The maximum absolute atomic E-state index is 12.1. The summed E-state index contributed by atoms with van der Waals surface area (Å²) < 4.78 is 1.93. The maximum Gasteiger partial charge on any atom is 0.251 e. The number of carbonyl (C=O) groups is 1. The number of rotatable bonds is 3. The first-order chi connectivity index (χ1) is 9.74. The summed E-state index contributed by atoms with van der Waals surface area (Å²) in [6.45, 7) is 0.528. The number of nitrogens with zero attached hydrogens (tertiary/aromatic N) is 2. The molecule has 0 aliphatic carbocycles.